The Balaban J connectivity index is 1.94. The molecule has 27 heavy (non-hydrogen) atoms. The first kappa shape index (κ1) is 19.4. The second-order valence-corrected chi connectivity index (χ2v) is 8.27. The Morgan fingerprint density at radius 1 is 1.04 bits per heavy atom. The highest BCUT2D eigenvalue weighted by Crippen LogP contribution is 2.31. The van der Waals surface area contributed by atoms with Gasteiger partial charge in [-0.1, -0.05) is 30.3 Å². The van der Waals surface area contributed by atoms with Crippen molar-refractivity contribution in [3.05, 3.63) is 48.5 Å². The zero-order valence-corrected chi connectivity index (χ0v) is 16.4. The first-order valence-electron chi connectivity index (χ1n) is 9.01. The van der Waals surface area contributed by atoms with Gasteiger partial charge in [0.2, 0.25) is 15.9 Å². The monoisotopic (exact) mass is 388 g/mol. The minimum atomic E-state index is -3.66. The van der Waals surface area contributed by atoms with Crippen molar-refractivity contribution in [2.24, 2.45) is 0 Å². The van der Waals surface area contributed by atoms with E-state index in [9.17, 15) is 13.2 Å². The molecule has 2 aromatic rings. The molecule has 0 atom stereocenters. The SMILES string of the molecule is CCOc1cccc(-c2ccccc2S(=O)(=O)N2CCN(C(C)=O)CC2)c1. The lowest BCUT2D eigenvalue weighted by molar-refractivity contribution is -0.129. The molecule has 1 aliphatic rings. The van der Waals surface area contributed by atoms with E-state index in [0.717, 1.165) is 5.56 Å². The second-order valence-electron chi connectivity index (χ2n) is 6.37. The van der Waals surface area contributed by atoms with Gasteiger partial charge in [0.25, 0.3) is 0 Å². The van der Waals surface area contributed by atoms with Crippen molar-refractivity contribution in [2.45, 2.75) is 18.7 Å². The normalized spacial score (nSPS) is 15.6. The summed E-state index contributed by atoms with van der Waals surface area (Å²) >= 11 is 0. The van der Waals surface area contributed by atoms with Crippen LogP contribution in [0.2, 0.25) is 0 Å². The third-order valence-electron chi connectivity index (χ3n) is 4.64. The minimum Gasteiger partial charge on any atom is -0.494 e. The number of hydrogen-bond donors (Lipinski definition) is 0. The van der Waals surface area contributed by atoms with E-state index in [1.165, 1.54) is 11.2 Å². The Bertz CT molecular complexity index is 919. The lowest BCUT2D eigenvalue weighted by atomic mass is 10.1. The molecule has 0 N–H and O–H groups in total. The quantitative estimate of drug-likeness (QED) is 0.790. The summed E-state index contributed by atoms with van der Waals surface area (Å²) in [5, 5.41) is 0. The summed E-state index contributed by atoms with van der Waals surface area (Å²) in [5.41, 5.74) is 1.44. The largest absolute Gasteiger partial charge is 0.494 e. The van der Waals surface area contributed by atoms with Crippen molar-refractivity contribution in [3.8, 4) is 16.9 Å². The molecule has 3 rings (SSSR count). The number of amides is 1. The number of benzene rings is 2. The van der Waals surface area contributed by atoms with E-state index in [2.05, 4.69) is 0 Å². The van der Waals surface area contributed by atoms with Gasteiger partial charge in [0.15, 0.2) is 0 Å². The molecule has 0 unspecified atom stereocenters. The molecule has 1 saturated heterocycles. The van der Waals surface area contributed by atoms with E-state index in [0.29, 0.717) is 44.1 Å². The summed E-state index contributed by atoms with van der Waals surface area (Å²) in [7, 11) is -3.66. The minimum absolute atomic E-state index is 0.0276. The molecule has 144 valence electrons. The van der Waals surface area contributed by atoms with Crippen molar-refractivity contribution in [1.82, 2.24) is 9.21 Å². The van der Waals surface area contributed by atoms with Crippen molar-refractivity contribution in [3.63, 3.8) is 0 Å². The zero-order valence-electron chi connectivity index (χ0n) is 15.6. The van der Waals surface area contributed by atoms with Crippen LogP contribution in [0.1, 0.15) is 13.8 Å². The molecule has 0 radical (unpaired) electrons. The van der Waals surface area contributed by atoms with Crippen LogP contribution >= 0.6 is 0 Å². The third kappa shape index (κ3) is 4.14. The molecule has 1 heterocycles. The number of rotatable bonds is 5. The van der Waals surface area contributed by atoms with Crippen LogP contribution in [-0.2, 0) is 14.8 Å². The van der Waals surface area contributed by atoms with Crippen LogP contribution in [-0.4, -0.2) is 56.3 Å². The zero-order chi connectivity index (χ0) is 19.4. The molecule has 0 aromatic heterocycles. The van der Waals surface area contributed by atoms with Gasteiger partial charge in [-0.05, 0) is 30.7 Å². The number of carbonyl (C=O) groups excluding carboxylic acids is 1. The molecule has 0 bridgehead atoms. The van der Waals surface area contributed by atoms with Crippen LogP contribution in [0, 0.1) is 0 Å². The van der Waals surface area contributed by atoms with Crippen LogP contribution < -0.4 is 4.74 Å². The van der Waals surface area contributed by atoms with Gasteiger partial charge in [-0.25, -0.2) is 8.42 Å². The summed E-state index contributed by atoms with van der Waals surface area (Å²) in [6.07, 6.45) is 0. The number of carbonyl (C=O) groups is 1. The van der Waals surface area contributed by atoms with E-state index < -0.39 is 10.0 Å². The molecule has 2 aromatic carbocycles. The summed E-state index contributed by atoms with van der Waals surface area (Å²) < 4.78 is 33.5. The first-order valence-corrected chi connectivity index (χ1v) is 10.5. The van der Waals surface area contributed by atoms with Crippen molar-refractivity contribution < 1.29 is 17.9 Å². The Kier molecular flexibility index (Phi) is 5.82. The van der Waals surface area contributed by atoms with Gasteiger partial charge >= 0.3 is 0 Å². The number of ether oxygens (including phenoxy) is 1. The summed E-state index contributed by atoms with van der Waals surface area (Å²) in [5.74, 6) is 0.678. The molecule has 0 saturated carbocycles. The third-order valence-corrected chi connectivity index (χ3v) is 6.60. The van der Waals surface area contributed by atoms with Crippen LogP contribution in [0.5, 0.6) is 5.75 Å². The van der Waals surface area contributed by atoms with Gasteiger partial charge in [-0.15, -0.1) is 0 Å². The lowest BCUT2D eigenvalue weighted by Crippen LogP contribution is -2.50. The number of nitrogens with zero attached hydrogens (tertiary/aromatic N) is 2. The fraction of sp³-hybridized carbons (Fsp3) is 0.350. The summed E-state index contributed by atoms with van der Waals surface area (Å²) in [6.45, 7) is 5.39. The van der Waals surface area contributed by atoms with Gasteiger partial charge < -0.3 is 9.64 Å². The average molecular weight is 388 g/mol. The van der Waals surface area contributed by atoms with Gasteiger partial charge in [-0.2, -0.15) is 4.31 Å². The van der Waals surface area contributed by atoms with Crippen LogP contribution in [0.3, 0.4) is 0 Å². The molecular weight excluding hydrogens is 364 g/mol. The molecule has 1 aliphatic heterocycles. The molecule has 7 heteroatoms. The highest BCUT2D eigenvalue weighted by atomic mass is 32.2. The Labute approximate surface area is 160 Å². The van der Waals surface area contributed by atoms with E-state index in [1.807, 2.05) is 43.3 Å². The molecule has 1 amide bonds. The Hall–Kier alpha value is -2.38. The topological polar surface area (TPSA) is 66.9 Å². The second kappa shape index (κ2) is 8.10. The van der Waals surface area contributed by atoms with Crippen LogP contribution in [0.4, 0.5) is 0 Å². The van der Waals surface area contributed by atoms with E-state index in [-0.39, 0.29) is 10.8 Å². The molecule has 0 aliphatic carbocycles. The molecule has 6 nitrogen and oxygen atoms in total. The van der Waals surface area contributed by atoms with Crippen molar-refractivity contribution in [1.29, 1.82) is 0 Å². The molecule has 0 spiro atoms. The maximum Gasteiger partial charge on any atom is 0.243 e. The number of hydrogen-bond acceptors (Lipinski definition) is 4. The highest BCUT2D eigenvalue weighted by Gasteiger charge is 2.31. The fourth-order valence-electron chi connectivity index (χ4n) is 3.23. The maximum absolute atomic E-state index is 13.3. The van der Waals surface area contributed by atoms with E-state index >= 15 is 0 Å². The van der Waals surface area contributed by atoms with E-state index in [1.54, 1.807) is 17.0 Å². The number of piperazine rings is 1. The molecular formula is C20H24N2O4S. The smallest absolute Gasteiger partial charge is 0.243 e. The van der Waals surface area contributed by atoms with E-state index in [4.69, 9.17) is 4.74 Å². The first-order chi connectivity index (χ1) is 12.9. The fourth-order valence-corrected chi connectivity index (χ4v) is 4.87. The van der Waals surface area contributed by atoms with Crippen LogP contribution in [0.25, 0.3) is 11.1 Å². The lowest BCUT2D eigenvalue weighted by Gasteiger charge is -2.33. The summed E-state index contributed by atoms with van der Waals surface area (Å²) in [6, 6.07) is 14.4. The predicted octanol–water partition coefficient (Wildman–Crippen LogP) is 2.61. The van der Waals surface area contributed by atoms with Crippen LogP contribution in [0.15, 0.2) is 53.4 Å². The summed E-state index contributed by atoms with van der Waals surface area (Å²) in [4.78, 5) is 13.4. The van der Waals surface area contributed by atoms with Gasteiger partial charge in [-0.3, -0.25) is 4.79 Å². The average Bonchev–Trinajstić information content (AvgIpc) is 2.68. The van der Waals surface area contributed by atoms with Gasteiger partial charge in [0, 0.05) is 38.7 Å². The standard InChI is InChI=1S/C20H24N2O4S/c1-3-26-18-8-6-7-17(15-18)19-9-4-5-10-20(19)27(24,25)22-13-11-21(12-14-22)16(2)23/h4-10,15H,3,11-14H2,1-2H3. The Morgan fingerprint density at radius 3 is 2.41 bits per heavy atom. The van der Waals surface area contributed by atoms with Gasteiger partial charge in [0.1, 0.15) is 5.75 Å². The van der Waals surface area contributed by atoms with Crippen molar-refractivity contribution >= 4 is 15.9 Å². The van der Waals surface area contributed by atoms with Gasteiger partial charge in [0.05, 0.1) is 11.5 Å². The molecule has 1 fully saturated rings. The Morgan fingerprint density at radius 2 is 1.74 bits per heavy atom. The van der Waals surface area contributed by atoms with Crippen molar-refractivity contribution in [2.75, 3.05) is 32.8 Å². The highest BCUT2D eigenvalue weighted by molar-refractivity contribution is 7.89. The predicted molar refractivity (Wildman–Crippen MR) is 104 cm³/mol. The number of sulfonamides is 1. The maximum atomic E-state index is 13.3.